The Morgan fingerprint density at radius 2 is 1.72 bits per heavy atom. The number of ether oxygens (including phenoxy) is 1. The Hall–Kier alpha value is -3.41. The van der Waals surface area contributed by atoms with E-state index in [0.717, 1.165) is 18.1 Å². The molecule has 0 fully saturated rings. The van der Waals surface area contributed by atoms with Crippen molar-refractivity contribution in [3.63, 3.8) is 0 Å². The lowest BCUT2D eigenvalue weighted by atomic mass is 10.2. The second-order valence-corrected chi connectivity index (χ2v) is 6.90. The van der Waals surface area contributed by atoms with E-state index >= 15 is 0 Å². The van der Waals surface area contributed by atoms with Gasteiger partial charge in [-0.05, 0) is 62.7 Å². The van der Waals surface area contributed by atoms with Crippen LogP contribution in [0.15, 0.2) is 66.7 Å². The average molecular weight is 390 g/mol. The van der Waals surface area contributed by atoms with Gasteiger partial charge < -0.3 is 15.0 Å². The van der Waals surface area contributed by atoms with Gasteiger partial charge in [0.05, 0.1) is 6.61 Å². The minimum absolute atomic E-state index is 0.244. The zero-order valence-corrected chi connectivity index (χ0v) is 17.0. The summed E-state index contributed by atoms with van der Waals surface area (Å²) < 4.78 is 5.41. The zero-order chi connectivity index (χ0) is 20.6. The van der Waals surface area contributed by atoms with Gasteiger partial charge in [0.15, 0.2) is 11.5 Å². The van der Waals surface area contributed by atoms with E-state index in [0.29, 0.717) is 12.3 Å². The quantitative estimate of drug-likeness (QED) is 0.611. The Morgan fingerprint density at radius 3 is 2.31 bits per heavy atom. The fraction of sp³-hybridized carbons (Fsp3) is 0.261. The first-order chi connectivity index (χ1) is 14.1. The number of benzene rings is 2. The topological polar surface area (TPSA) is 67.3 Å². The van der Waals surface area contributed by atoms with E-state index in [1.165, 1.54) is 5.56 Å². The molecule has 1 N–H and O–H groups in total. The summed E-state index contributed by atoms with van der Waals surface area (Å²) in [5.41, 5.74) is 2.14. The molecule has 0 saturated heterocycles. The Balaban J connectivity index is 1.68. The summed E-state index contributed by atoms with van der Waals surface area (Å²) in [4.78, 5) is 14.6. The number of rotatable bonds is 8. The molecule has 0 atom stereocenters. The summed E-state index contributed by atoms with van der Waals surface area (Å²) in [6.45, 7) is 7.48. The van der Waals surface area contributed by atoms with Crippen LogP contribution in [0.5, 0.6) is 5.75 Å². The molecule has 1 aromatic heterocycles. The largest absolute Gasteiger partial charge is 0.494 e. The van der Waals surface area contributed by atoms with E-state index in [2.05, 4.69) is 46.4 Å². The maximum Gasteiger partial charge on any atom is 0.276 e. The third-order valence-corrected chi connectivity index (χ3v) is 4.42. The molecule has 3 rings (SSSR count). The fourth-order valence-corrected chi connectivity index (χ4v) is 2.90. The Morgan fingerprint density at radius 1 is 1.00 bits per heavy atom. The highest BCUT2D eigenvalue weighted by Gasteiger charge is 2.15. The molecule has 0 aliphatic heterocycles. The van der Waals surface area contributed by atoms with Crippen LogP contribution < -0.4 is 15.0 Å². The Kier molecular flexibility index (Phi) is 6.79. The maximum atomic E-state index is 12.5. The van der Waals surface area contributed by atoms with Crippen molar-refractivity contribution in [2.75, 3.05) is 16.8 Å². The standard InChI is InChI=1S/C23H26N4O2/c1-4-29-20-12-10-19(11-13-20)24-23(28)21-14-15-22(26-25-21)27(17(2)3)16-18-8-6-5-7-9-18/h5-15,17H,4,16H2,1-3H3,(H,24,28). The molecule has 0 aliphatic carbocycles. The minimum Gasteiger partial charge on any atom is -0.494 e. The highest BCUT2D eigenvalue weighted by atomic mass is 16.5. The van der Waals surface area contributed by atoms with Crippen LogP contribution in [0.3, 0.4) is 0 Å². The van der Waals surface area contributed by atoms with Crippen LogP contribution in [0.1, 0.15) is 36.8 Å². The first-order valence-corrected chi connectivity index (χ1v) is 9.75. The van der Waals surface area contributed by atoms with Gasteiger partial charge in [-0.1, -0.05) is 30.3 Å². The molecule has 6 nitrogen and oxygen atoms in total. The monoisotopic (exact) mass is 390 g/mol. The summed E-state index contributed by atoms with van der Waals surface area (Å²) in [7, 11) is 0. The third kappa shape index (κ3) is 5.54. The van der Waals surface area contributed by atoms with Gasteiger partial charge >= 0.3 is 0 Å². The number of nitrogens with zero attached hydrogens (tertiary/aromatic N) is 3. The van der Waals surface area contributed by atoms with Gasteiger partial charge in [0.2, 0.25) is 0 Å². The van der Waals surface area contributed by atoms with Crippen molar-refractivity contribution in [3.05, 3.63) is 78.0 Å². The number of nitrogens with one attached hydrogen (secondary N) is 1. The lowest BCUT2D eigenvalue weighted by molar-refractivity contribution is 0.102. The van der Waals surface area contributed by atoms with E-state index in [-0.39, 0.29) is 17.6 Å². The lowest BCUT2D eigenvalue weighted by Crippen LogP contribution is -2.31. The van der Waals surface area contributed by atoms with Gasteiger partial charge in [-0.3, -0.25) is 4.79 Å². The summed E-state index contributed by atoms with van der Waals surface area (Å²) in [5.74, 6) is 1.20. The van der Waals surface area contributed by atoms with Crippen LogP contribution >= 0.6 is 0 Å². The molecule has 2 aromatic carbocycles. The smallest absolute Gasteiger partial charge is 0.276 e. The molecule has 1 heterocycles. The molecule has 0 radical (unpaired) electrons. The van der Waals surface area contributed by atoms with E-state index in [1.807, 2.05) is 43.3 Å². The van der Waals surface area contributed by atoms with Gasteiger partial charge in [-0.15, -0.1) is 10.2 Å². The van der Waals surface area contributed by atoms with Crippen molar-refractivity contribution in [1.82, 2.24) is 10.2 Å². The van der Waals surface area contributed by atoms with Gasteiger partial charge in [-0.25, -0.2) is 0 Å². The van der Waals surface area contributed by atoms with E-state index in [4.69, 9.17) is 4.74 Å². The third-order valence-electron chi connectivity index (χ3n) is 4.42. The fourth-order valence-electron chi connectivity index (χ4n) is 2.90. The van der Waals surface area contributed by atoms with Crippen LogP contribution in [0.4, 0.5) is 11.5 Å². The Bertz CT molecular complexity index is 910. The van der Waals surface area contributed by atoms with Crippen molar-refractivity contribution in [3.8, 4) is 5.75 Å². The van der Waals surface area contributed by atoms with Gasteiger partial charge in [0, 0.05) is 18.3 Å². The molecule has 150 valence electrons. The number of carbonyl (C=O) groups excluding carboxylic acids is 1. The van der Waals surface area contributed by atoms with Crippen molar-refractivity contribution < 1.29 is 9.53 Å². The summed E-state index contributed by atoms with van der Waals surface area (Å²) in [6.07, 6.45) is 0. The zero-order valence-electron chi connectivity index (χ0n) is 17.0. The van der Waals surface area contributed by atoms with Gasteiger partial charge in [0.1, 0.15) is 5.75 Å². The number of hydrogen-bond donors (Lipinski definition) is 1. The van der Waals surface area contributed by atoms with Crippen LogP contribution in [-0.4, -0.2) is 28.8 Å². The molecule has 1 amide bonds. The van der Waals surface area contributed by atoms with E-state index in [9.17, 15) is 4.79 Å². The van der Waals surface area contributed by atoms with E-state index in [1.54, 1.807) is 18.2 Å². The number of aromatic nitrogens is 2. The van der Waals surface area contributed by atoms with Crippen LogP contribution in [0, 0.1) is 0 Å². The van der Waals surface area contributed by atoms with Crippen LogP contribution in [-0.2, 0) is 6.54 Å². The number of amides is 1. The highest BCUT2D eigenvalue weighted by molar-refractivity contribution is 6.02. The second-order valence-electron chi connectivity index (χ2n) is 6.90. The normalized spacial score (nSPS) is 10.6. The second kappa shape index (κ2) is 9.68. The molecule has 0 spiro atoms. The minimum atomic E-state index is -0.299. The molecular weight excluding hydrogens is 364 g/mol. The van der Waals surface area contributed by atoms with Crippen LogP contribution in [0.25, 0.3) is 0 Å². The maximum absolute atomic E-state index is 12.5. The predicted molar refractivity (Wildman–Crippen MR) is 115 cm³/mol. The molecule has 29 heavy (non-hydrogen) atoms. The van der Waals surface area contributed by atoms with Crippen molar-refractivity contribution >= 4 is 17.4 Å². The molecule has 0 bridgehead atoms. The SMILES string of the molecule is CCOc1ccc(NC(=O)c2ccc(N(Cc3ccccc3)C(C)C)nn2)cc1. The Labute approximate surface area is 171 Å². The average Bonchev–Trinajstić information content (AvgIpc) is 2.74. The van der Waals surface area contributed by atoms with Crippen molar-refractivity contribution in [2.45, 2.75) is 33.4 Å². The predicted octanol–water partition coefficient (Wildman–Crippen LogP) is 4.54. The molecule has 0 saturated carbocycles. The highest BCUT2D eigenvalue weighted by Crippen LogP contribution is 2.19. The first-order valence-electron chi connectivity index (χ1n) is 9.75. The molecule has 6 heteroatoms. The van der Waals surface area contributed by atoms with Crippen molar-refractivity contribution in [2.24, 2.45) is 0 Å². The summed E-state index contributed by atoms with van der Waals surface area (Å²) >= 11 is 0. The molecule has 0 aliphatic rings. The summed E-state index contributed by atoms with van der Waals surface area (Å²) in [5, 5.41) is 11.3. The number of carbonyl (C=O) groups is 1. The van der Waals surface area contributed by atoms with Gasteiger partial charge in [-0.2, -0.15) is 0 Å². The van der Waals surface area contributed by atoms with E-state index < -0.39 is 0 Å². The molecule has 0 unspecified atom stereocenters. The first kappa shape index (κ1) is 20.3. The lowest BCUT2D eigenvalue weighted by Gasteiger charge is -2.27. The molecular formula is C23H26N4O2. The van der Waals surface area contributed by atoms with Gasteiger partial charge in [0.25, 0.3) is 5.91 Å². The van der Waals surface area contributed by atoms with Crippen molar-refractivity contribution in [1.29, 1.82) is 0 Å². The molecule has 3 aromatic rings. The summed E-state index contributed by atoms with van der Waals surface area (Å²) in [6, 6.07) is 21.2. The van der Waals surface area contributed by atoms with Crippen LogP contribution in [0.2, 0.25) is 0 Å². The number of hydrogen-bond acceptors (Lipinski definition) is 5. The number of anilines is 2.